The lowest BCUT2D eigenvalue weighted by atomic mass is 9.92. The predicted octanol–water partition coefficient (Wildman–Crippen LogP) is 5.20. The van der Waals surface area contributed by atoms with E-state index in [0.717, 1.165) is 21.6 Å². The molecule has 4 aromatic carbocycles. The molecule has 50 heavy (non-hydrogen) atoms. The van der Waals surface area contributed by atoms with Crippen molar-refractivity contribution in [2.45, 2.75) is 57.5 Å². The molecule has 4 aromatic rings. The highest BCUT2D eigenvalue weighted by atomic mass is 16.6. The van der Waals surface area contributed by atoms with Gasteiger partial charge < -0.3 is 23.8 Å². The van der Waals surface area contributed by atoms with Gasteiger partial charge in [-0.05, 0) is 35.2 Å². The van der Waals surface area contributed by atoms with Crippen molar-refractivity contribution in [1.82, 2.24) is 9.80 Å². The summed E-state index contributed by atoms with van der Waals surface area (Å²) in [7, 11) is 0. The zero-order chi connectivity index (χ0) is 34.9. The van der Waals surface area contributed by atoms with E-state index in [2.05, 4.69) is 0 Å². The van der Waals surface area contributed by atoms with Crippen LogP contribution in [0.1, 0.15) is 50.8 Å². The molecule has 0 bridgehead atoms. The van der Waals surface area contributed by atoms with Gasteiger partial charge in [0.15, 0.2) is 6.10 Å². The van der Waals surface area contributed by atoms with Crippen LogP contribution in [0.2, 0.25) is 0 Å². The molecule has 2 aliphatic heterocycles. The van der Waals surface area contributed by atoms with Crippen LogP contribution < -0.4 is 0 Å². The van der Waals surface area contributed by atoms with Gasteiger partial charge in [-0.25, -0.2) is 0 Å². The minimum atomic E-state index is -1.02. The monoisotopic (exact) mass is 676 g/mol. The van der Waals surface area contributed by atoms with Crippen molar-refractivity contribution in [3.63, 3.8) is 0 Å². The molecule has 0 spiro atoms. The van der Waals surface area contributed by atoms with Crippen LogP contribution >= 0.6 is 0 Å². The van der Waals surface area contributed by atoms with E-state index < -0.39 is 48.7 Å². The number of fused-ring (bicyclic) bond motifs is 1. The third-order valence-corrected chi connectivity index (χ3v) is 8.82. The number of ether oxygens (including phenoxy) is 4. The minimum Gasteiger partial charge on any atom is -0.462 e. The maximum Gasteiger partial charge on any atom is 0.326 e. The van der Waals surface area contributed by atoms with Crippen molar-refractivity contribution in [2.75, 3.05) is 19.7 Å². The number of benzene rings is 4. The molecule has 0 aromatic heterocycles. The molecule has 6 rings (SSSR count). The van der Waals surface area contributed by atoms with E-state index in [0.29, 0.717) is 13.0 Å². The molecule has 3 amide bonds. The van der Waals surface area contributed by atoms with Crippen molar-refractivity contribution in [3.05, 3.63) is 143 Å². The van der Waals surface area contributed by atoms with E-state index in [4.69, 9.17) is 18.9 Å². The van der Waals surface area contributed by atoms with E-state index in [1.165, 1.54) is 0 Å². The molecular formula is C40H40N2O8. The molecule has 0 radical (unpaired) electrons. The van der Waals surface area contributed by atoms with E-state index in [1.54, 1.807) is 29.2 Å². The lowest BCUT2D eigenvalue weighted by Gasteiger charge is -2.47. The Bertz CT molecular complexity index is 1730. The average molecular weight is 677 g/mol. The number of carbonyl (C=O) groups is 4. The zero-order valence-electron chi connectivity index (χ0n) is 27.9. The molecule has 258 valence electrons. The number of nitrogens with zero attached hydrogens (tertiary/aromatic N) is 2. The largest absolute Gasteiger partial charge is 0.462 e. The third-order valence-electron chi connectivity index (χ3n) is 8.82. The second-order valence-corrected chi connectivity index (χ2v) is 12.3. The molecular weight excluding hydrogens is 636 g/mol. The Morgan fingerprint density at radius 3 is 1.58 bits per heavy atom. The standard InChI is InChI=1S/C40H40N2O8/c1-2-22-41-33(27-47-34(43)23-42-38(44)31-20-12-13-21-32(31)39(42)45)35(48-24-28-14-6-3-7-15-28)36(49-25-29-16-8-4-9-17-29)37(40(41)46)50-26-30-18-10-5-11-19-30/h3-21,33,35-37H,2,22-27H2,1H3/t33-,35-,36-,37-/m1/s1. The summed E-state index contributed by atoms with van der Waals surface area (Å²) >= 11 is 0. The lowest BCUT2D eigenvalue weighted by molar-refractivity contribution is -0.213. The Morgan fingerprint density at radius 2 is 1.08 bits per heavy atom. The number of carbonyl (C=O) groups excluding carboxylic acids is 4. The van der Waals surface area contributed by atoms with Gasteiger partial charge in [-0.15, -0.1) is 0 Å². The smallest absolute Gasteiger partial charge is 0.326 e. The Balaban J connectivity index is 1.27. The second-order valence-electron chi connectivity index (χ2n) is 12.3. The molecule has 1 saturated heterocycles. The van der Waals surface area contributed by atoms with Crippen LogP contribution in [0.4, 0.5) is 0 Å². The van der Waals surface area contributed by atoms with E-state index >= 15 is 0 Å². The molecule has 0 N–H and O–H groups in total. The van der Waals surface area contributed by atoms with Gasteiger partial charge in [0.05, 0.1) is 37.0 Å². The minimum absolute atomic E-state index is 0.174. The highest BCUT2D eigenvalue weighted by molar-refractivity contribution is 6.22. The van der Waals surface area contributed by atoms with Crippen molar-refractivity contribution in [1.29, 1.82) is 0 Å². The Kier molecular flexibility index (Phi) is 11.4. The summed E-state index contributed by atoms with van der Waals surface area (Å²) < 4.78 is 25.3. The zero-order valence-corrected chi connectivity index (χ0v) is 27.9. The summed E-state index contributed by atoms with van der Waals surface area (Å²) in [5.41, 5.74) is 3.20. The number of rotatable bonds is 15. The molecule has 10 heteroatoms. The van der Waals surface area contributed by atoms with Crippen LogP contribution in [0.15, 0.2) is 115 Å². The number of likely N-dealkylation sites (tertiary alicyclic amines) is 1. The normalized spacial score (nSPS) is 20.2. The van der Waals surface area contributed by atoms with Crippen LogP contribution in [0.25, 0.3) is 0 Å². The first-order valence-corrected chi connectivity index (χ1v) is 16.8. The van der Waals surface area contributed by atoms with E-state index in [-0.39, 0.29) is 43.5 Å². The maximum absolute atomic E-state index is 14.4. The molecule has 0 saturated carbocycles. The second kappa shape index (κ2) is 16.5. The quantitative estimate of drug-likeness (QED) is 0.125. The summed E-state index contributed by atoms with van der Waals surface area (Å²) in [5.74, 6) is -2.20. The summed E-state index contributed by atoms with van der Waals surface area (Å²) in [6.07, 6.45) is -2.05. The molecule has 10 nitrogen and oxygen atoms in total. The molecule has 4 atom stereocenters. The van der Waals surface area contributed by atoms with Crippen molar-refractivity contribution in [2.24, 2.45) is 0 Å². The van der Waals surface area contributed by atoms with E-state index in [1.807, 2.05) is 97.9 Å². The third kappa shape index (κ3) is 8.00. The van der Waals surface area contributed by atoms with E-state index in [9.17, 15) is 19.2 Å². The topological polar surface area (TPSA) is 112 Å². The first-order valence-electron chi connectivity index (χ1n) is 16.8. The van der Waals surface area contributed by atoms with Crippen LogP contribution in [0, 0.1) is 0 Å². The number of hydrogen-bond acceptors (Lipinski definition) is 8. The average Bonchev–Trinajstić information content (AvgIpc) is 3.39. The van der Waals surface area contributed by atoms with Gasteiger partial charge >= 0.3 is 5.97 Å². The first kappa shape index (κ1) is 34.7. The lowest BCUT2D eigenvalue weighted by Crippen LogP contribution is -2.67. The Hall–Kier alpha value is -5.16. The number of piperidine rings is 1. The van der Waals surface area contributed by atoms with Gasteiger partial charge in [-0.1, -0.05) is 110 Å². The number of amides is 3. The van der Waals surface area contributed by atoms with Gasteiger partial charge in [-0.2, -0.15) is 0 Å². The summed E-state index contributed by atoms with van der Waals surface area (Å²) in [6, 6.07) is 34.5. The Labute approximate surface area is 291 Å². The number of esters is 1. The molecule has 2 aliphatic rings. The SMILES string of the molecule is CCCN1C(=O)[C@H](OCc2ccccc2)[C@H](OCc2ccccc2)[C@H](OCc2ccccc2)[C@H]1COC(=O)CN1C(=O)c2ccccc2C1=O. The summed E-state index contributed by atoms with van der Waals surface area (Å²) in [5, 5.41) is 0. The summed E-state index contributed by atoms with van der Waals surface area (Å²) in [4.78, 5) is 56.0. The van der Waals surface area contributed by atoms with Gasteiger partial charge in [0.1, 0.15) is 25.4 Å². The van der Waals surface area contributed by atoms with Gasteiger partial charge in [0.2, 0.25) is 0 Å². The van der Waals surface area contributed by atoms with Crippen LogP contribution in [0.5, 0.6) is 0 Å². The first-order chi connectivity index (χ1) is 24.4. The van der Waals surface area contributed by atoms with Crippen LogP contribution in [0.3, 0.4) is 0 Å². The predicted molar refractivity (Wildman–Crippen MR) is 184 cm³/mol. The van der Waals surface area contributed by atoms with Gasteiger partial charge in [0.25, 0.3) is 17.7 Å². The maximum atomic E-state index is 14.4. The number of imide groups is 1. The van der Waals surface area contributed by atoms with Crippen LogP contribution in [-0.4, -0.2) is 77.5 Å². The van der Waals surface area contributed by atoms with Crippen molar-refractivity contribution < 1.29 is 38.1 Å². The van der Waals surface area contributed by atoms with Crippen molar-refractivity contribution in [3.8, 4) is 0 Å². The van der Waals surface area contributed by atoms with Crippen LogP contribution in [-0.2, 0) is 48.4 Å². The fourth-order valence-corrected chi connectivity index (χ4v) is 6.32. The fraction of sp³-hybridized carbons (Fsp3) is 0.300. The fourth-order valence-electron chi connectivity index (χ4n) is 6.32. The highest BCUT2D eigenvalue weighted by Crippen LogP contribution is 2.30. The van der Waals surface area contributed by atoms with Gasteiger partial charge in [0, 0.05) is 6.54 Å². The van der Waals surface area contributed by atoms with Crippen molar-refractivity contribution >= 4 is 23.7 Å². The summed E-state index contributed by atoms with van der Waals surface area (Å²) in [6.45, 7) is 2.06. The molecule has 2 heterocycles. The highest BCUT2D eigenvalue weighted by Gasteiger charge is 2.51. The Morgan fingerprint density at radius 1 is 0.620 bits per heavy atom. The molecule has 0 unspecified atom stereocenters. The van der Waals surface area contributed by atoms with Gasteiger partial charge in [-0.3, -0.25) is 24.1 Å². The molecule has 0 aliphatic carbocycles. The molecule has 1 fully saturated rings. The number of hydrogen-bond donors (Lipinski definition) is 0.